The number of aliphatic carboxylic acids is 1. The topological polar surface area (TPSA) is 57.6 Å². The molecule has 0 aromatic heterocycles. The molecule has 0 bridgehead atoms. The maximum Gasteiger partial charge on any atom is 0.307 e. The van der Waals surface area contributed by atoms with Crippen LogP contribution in [0, 0.1) is 11.3 Å². The molecule has 0 radical (unpaired) electrons. The van der Waals surface area contributed by atoms with Crippen LogP contribution in [-0.2, 0) is 22.6 Å². The third-order valence-corrected chi connectivity index (χ3v) is 4.26. The van der Waals surface area contributed by atoms with Gasteiger partial charge in [-0.3, -0.25) is 9.59 Å². The van der Waals surface area contributed by atoms with Crippen LogP contribution in [0.5, 0.6) is 0 Å². The smallest absolute Gasteiger partial charge is 0.307 e. The van der Waals surface area contributed by atoms with Crippen LogP contribution in [0.15, 0.2) is 24.3 Å². The van der Waals surface area contributed by atoms with Crippen molar-refractivity contribution in [2.24, 2.45) is 11.3 Å². The van der Waals surface area contributed by atoms with Gasteiger partial charge in [0, 0.05) is 19.5 Å². The molecule has 1 aliphatic heterocycles. The molecule has 1 atom stereocenters. The first kappa shape index (κ1) is 15.5. The van der Waals surface area contributed by atoms with Crippen LogP contribution in [0.25, 0.3) is 0 Å². The Labute approximate surface area is 125 Å². The summed E-state index contributed by atoms with van der Waals surface area (Å²) >= 11 is 0. The lowest BCUT2D eigenvalue weighted by atomic mass is 9.80. The van der Waals surface area contributed by atoms with Gasteiger partial charge in [0.25, 0.3) is 0 Å². The molecule has 2 rings (SSSR count). The second-order valence-electron chi connectivity index (χ2n) is 6.88. The molecule has 1 aromatic carbocycles. The Kier molecular flexibility index (Phi) is 4.35. The van der Waals surface area contributed by atoms with Crippen molar-refractivity contribution in [2.75, 3.05) is 6.54 Å². The van der Waals surface area contributed by atoms with E-state index >= 15 is 0 Å². The molecule has 1 N–H and O–H groups in total. The standard InChI is InChI=1S/C17H23NO3/c1-17(2,3)14-9-15(19)18(11-14)10-13-7-5-4-6-12(13)8-16(20)21/h4-7,14H,8-11H2,1-3H3,(H,20,21). The molecule has 1 fully saturated rings. The number of carbonyl (C=O) groups excluding carboxylic acids is 1. The van der Waals surface area contributed by atoms with Crippen LogP contribution in [-0.4, -0.2) is 28.4 Å². The zero-order valence-corrected chi connectivity index (χ0v) is 12.9. The Morgan fingerprint density at radius 3 is 2.43 bits per heavy atom. The van der Waals surface area contributed by atoms with Crippen molar-refractivity contribution in [1.29, 1.82) is 0 Å². The second-order valence-corrected chi connectivity index (χ2v) is 6.88. The third-order valence-electron chi connectivity index (χ3n) is 4.26. The first-order valence-electron chi connectivity index (χ1n) is 7.33. The maximum atomic E-state index is 12.2. The number of likely N-dealkylation sites (tertiary alicyclic amines) is 1. The Bertz CT molecular complexity index is 545. The summed E-state index contributed by atoms with van der Waals surface area (Å²) in [6, 6.07) is 7.47. The lowest BCUT2D eigenvalue weighted by molar-refractivity contribution is -0.136. The Balaban J connectivity index is 2.12. The summed E-state index contributed by atoms with van der Waals surface area (Å²) < 4.78 is 0. The van der Waals surface area contributed by atoms with E-state index in [1.807, 2.05) is 29.2 Å². The van der Waals surface area contributed by atoms with Crippen molar-refractivity contribution in [3.63, 3.8) is 0 Å². The maximum absolute atomic E-state index is 12.2. The molecular formula is C17H23NO3. The van der Waals surface area contributed by atoms with Crippen molar-refractivity contribution >= 4 is 11.9 Å². The molecule has 114 valence electrons. The molecule has 0 saturated carbocycles. The first-order chi connectivity index (χ1) is 9.77. The fourth-order valence-electron chi connectivity index (χ4n) is 2.76. The zero-order chi connectivity index (χ0) is 15.6. The summed E-state index contributed by atoms with van der Waals surface area (Å²) in [5.74, 6) is -0.320. The highest BCUT2D eigenvalue weighted by molar-refractivity contribution is 5.79. The third kappa shape index (κ3) is 3.84. The van der Waals surface area contributed by atoms with Gasteiger partial charge in [0.2, 0.25) is 5.91 Å². The van der Waals surface area contributed by atoms with Gasteiger partial charge in [0.15, 0.2) is 0 Å². The van der Waals surface area contributed by atoms with E-state index < -0.39 is 5.97 Å². The fraction of sp³-hybridized carbons (Fsp3) is 0.529. The van der Waals surface area contributed by atoms with Gasteiger partial charge in [-0.05, 0) is 22.5 Å². The summed E-state index contributed by atoms with van der Waals surface area (Å²) in [5.41, 5.74) is 1.84. The minimum atomic E-state index is -0.845. The molecule has 0 spiro atoms. The first-order valence-corrected chi connectivity index (χ1v) is 7.33. The molecule has 4 heteroatoms. The highest BCUT2D eigenvalue weighted by Crippen LogP contribution is 2.35. The molecule has 1 amide bonds. The molecule has 1 aromatic rings. The molecule has 21 heavy (non-hydrogen) atoms. The number of hydrogen-bond acceptors (Lipinski definition) is 2. The van der Waals surface area contributed by atoms with E-state index in [9.17, 15) is 9.59 Å². The van der Waals surface area contributed by atoms with E-state index in [0.29, 0.717) is 18.9 Å². The predicted molar refractivity (Wildman–Crippen MR) is 80.8 cm³/mol. The van der Waals surface area contributed by atoms with E-state index in [4.69, 9.17) is 5.11 Å². The van der Waals surface area contributed by atoms with Crippen molar-refractivity contribution in [3.8, 4) is 0 Å². The van der Waals surface area contributed by atoms with E-state index in [1.54, 1.807) is 0 Å². The van der Waals surface area contributed by atoms with Crippen molar-refractivity contribution in [2.45, 2.75) is 40.2 Å². The molecule has 4 nitrogen and oxygen atoms in total. The van der Waals surface area contributed by atoms with Crippen LogP contribution >= 0.6 is 0 Å². The number of amides is 1. The van der Waals surface area contributed by atoms with Gasteiger partial charge in [0.05, 0.1) is 6.42 Å². The number of carboxylic acid groups (broad SMARTS) is 1. The van der Waals surface area contributed by atoms with Crippen LogP contribution in [0.4, 0.5) is 0 Å². The van der Waals surface area contributed by atoms with Gasteiger partial charge in [0.1, 0.15) is 0 Å². The largest absolute Gasteiger partial charge is 0.481 e. The summed E-state index contributed by atoms with van der Waals surface area (Å²) in [5, 5.41) is 8.97. The minimum Gasteiger partial charge on any atom is -0.481 e. The summed E-state index contributed by atoms with van der Waals surface area (Å²) in [6.07, 6.45) is 0.589. The quantitative estimate of drug-likeness (QED) is 0.927. The number of rotatable bonds is 4. The van der Waals surface area contributed by atoms with Gasteiger partial charge < -0.3 is 10.0 Å². The van der Waals surface area contributed by atoms with Crippen LogP contribution in [0.2, 0.25) is 0 Å². The number of nitrogens with zero attached hydrogens (tertiary/aromatic N) is 1. The SMILES string of the molecule is CC(C)(C)C1CC(=O)N(Cc2ccccc2CC(=O)O)C1. The molecular weight excluding hydrogens is 266 g/mol. The molecule has 1 unspecified atom stereocenters. The van der Waals surface area contributed by atoms with Crippen LogP contribution in [0.1, 0.15) is 38.3 Å². The Hall–Kier alpha value is -1.84. The van der Waals surface area contributed by atoms with Gasteiger partial charge in [-0.2, -0.15) is 0 Å². The average Bonchev–Trinajstić information content (AvgIpc) is 2.73. The molecule has 1 aliphatic rings. The van der Waals surface area contributed by atoms with Crippen molar-refractivity contribution in [3.05, 3.63) is 35.4 Å². The number of carbonyl (C=O) groups is 2. The summed E-state index contributed by atoms with van der Waals surface area (Å²) in [4.78, 5) is 25.0. The normalized spacial score (nSPS) is 19.1. The Morgan fingerprint density at radius 2 is 1.90 bits per heavy atom. The summed E-state index contributed by atoms with van der Waals surface area (Å²) in [6.45, 7) is 7.74. The monoisotopic (exact) mass is 289 g/mol. The zero-order valence-electron chi connectivity index (χ0n) is 12.9. The summed E-state index contributed by atoms with van der Waals surface area (Å²) in [7, 11) is 0. The Morgan fingerprint density at radius 1 is 1.29 bits per heavy atom. The van der Waals surface area contributed by atoms with Crippen LogP contribution in [0.3, 0.4) is 0 Å². The highest BCUT2D eigenvalue weighted by Gasteiger charge is 2.36. The van der Waals surface area contributed by atoms with Gasteiger partial charge in [-0.1, -0.05) is 45.0 Å². The highest BCUT2D eigenvalue weighted by atomic mass is 16.4. The number of benzene rings is 1. The van der Waals surface area contributed by atoms with E-state index in [2.05, 4.69) is 20.8 Å². The average molecular weight is 289 g/mol. The number of carboxylic acids is 1. The molecule has 1 heterocycles. The van der Waals surface area contributed by atoms with Gasteiger partial charge in [-0.25, -0.2) is 0 Å². The number of hydrogen-bond donors (Lipinski definition) is 1. The van der Waals surface area contributed by atoms with E-state index in [0.717, 1.165) is 17.7 Å². The van der Waals surface area contributed by atoms with E-state index in [-0.39, 0.29) is 17.7 Å². The molecule has 0 aliphatic carbocycles. The minimum absolute atomic E-state index is 0.000896. The lowest BCUT2D eigenvalue weighted by Crippen LogP contribution is -2.27. The molecule has 1 saturated heterocycles. The fourth-order valence-corrected chi connectivity index (χ4v) is 2.76. The lowest BCUT2D eigenvalue weighted by Gasteiger charge is -2.26. The van der Waals surface area contributed by atoms with Crippen molar-refractivity contribution < 1.29 is 14.7 Å². The van der Waals surface area contributed by atoms with Crippen LogP contribution < -0.4 is 0 Å². The van der Waals surface area contributed by atoms with Gasteiger partial charge in [-0.15, -0.1) is 0 Å². The van der Waals surface area contributed by atoms with Crippen molar-refractivity contribution in [1.82, 2.24) is 4.90 Å². The second kappa shape index (κ2) is 5.88. The predicted octanol–water partition coefficient (Wildman–Crippen LogP) is 2.71. The van der Waals surface area contributed by atoms with Gasteiger partial charge >= 0.3 is 5.97 Å². The van der Waals surface area contributed by atoms with E-state index in [1.165, 1.54) is 0 Å².